The molecule has 0 spiro atoms. The van der Waals surface area contributed by atoms with Gasteiger partial charge >= 0.3 is 5.97 Å². The molecule has 0 aromatic heterocycles. The molecule has 0 aliphatic carbocycles. The molecule has 0 bridgehead atoms. The second-order valence-electron chi connectivity index (χ2n) is 7.00. The Morgan fingerprint density at radius 1 is 0.963 bits per heavy atom. The van der Waals surface area contributed by atoms with E-state index in [0.717, 1.165) is 47.3 Å². The molecule has 142 valence electrons. The lowest BCUT2D eigenvalue weighted by molar-refractivity contribution is -0.139. The van der Waals surface area contributed by atoms with Crippen LogP contribution in [0.1, 0.15) is 50.2 Å². The monoisotopic (exact) mass is 364 g/mol. The summed E-state index contributed by atoms with van der Waals surface area (Å²) < 4.78 is 11.4. The molecule has 2 aromatic rings. The Morgan fingerprint density at radius 2 is 1.70 bits per heavy atom. The highest BCUT2D eigenvalue weighted by Gasteiger charge is 2.35. The maximum absolute atomic E-state index is 12.7. The molecule has 0 amide bonds. The normalized spacial score (nSPS) is 16.5. The van der Waals surface area contributed by atoms with E-state index in [1.165, 1.54) is 12.8 Å². The second-order valence-corrected chi connectivity index (χ2v) is 7.00. The molecule has 3 nitrogen and oxygen atoms in total. The molecule has 0 radical (unpaired) electrons. The van der Waals surface area contributed by atoms with E-state index in [1.807, 2.05) is 42.5 Å². The van der Waals surface area contributed by atoms with Gasteiger partial charge in [0.1, 0.15) is 11.9 Å². The van der Waals surface area contributed by atoms with Gasteiger partial charge in [-0.1, -0.05) is 74.7 Å². The smallest absolute Gasteiger partial charge is 0.335 e. The van der Waals surface area contributed by atoms with Crippen molar-refractivity contribution in [3.8, 4) is 5.75 Å². The average Bonchev–Trinajstić information content (AvgIpc) is 3.01. The number of cyclic esters (lactones) is 1. The molecule has 1 aliphatic rings. The van der Waals surface area contributed by atoms with Gasteiger partial charge in [-0.3, -0.25) is 0 Å². The lowest BCUT2D eigenvalue weighted by atomic mass is 9.90. The van der Waals surface area contributed by atoms with E-state index in [-0.39, 0.29) is 12.1 Å². The van der Waals surface area contributed by atoms with Gasteiger partial charge in [-0.05, 0) is 24.5 Å². The van der Waals surface area contributed by atoms with Crippen LogP contribution in [0.25, 0.3) is 5.57 Å². The van der Waals surface area contributed by atoms with Crippen LogP contribution in [0.4, 0.5) is 0 Å². The molecule has 0 fully saturated rings. The summed E-state index contributed by atoms with van der Waals surface area (Å²) >= 11 is 0. The van der Waals surface area contributed by atoms with Gasteiger partial charge in [0, 0.05) is 23.1 Å². The highest BCUT2D eigenvalue weighted by Crippen LogP contribution is 2.39. The molecule has 0 N–H and O–H groups in total. The van der Waals surface area contributed by atoms with E-state index >= 15 is 0 Å². The first-order valence-corrected chi connectivity index (χ1v) is 9.86. The van der Waals surface area contributed by atoms with Crippen LogP contribution in [0, 0.1) is 0 Å². The molecule has 1 aliphatic heterocycles. The van der Waals surface area contributed by atoms with E-state index in [2.05, 4.69) is 19.1 Å². The van der Waals surface area contributed by atoms with Crippen molar-refractivity contribution < 1.29 is 14.3 Å². The number of methoxy groups -OCH3 is 1. The summed E-state index contributed by atoms with van der Waals surface area (Å²) in [5.41, 5.74) is 3.84. The van der Waals surface area contributed by atoms with Gasteiger partial charge < -0.3 is 9.47 Å². The minimum absolute atomic E-state index is 0.190. The maximum atomic E-state index is 12.7. The minimum atomic E-state index is -0.194. The fraction of sp³-hybridized carbons (Fsp3) is 0.375. The van der Waals surface area contributed by atoms with Crippen molar-refractivity contribution in [1.29, 1.82) is 0 Å². The number of carbonyl (C=O) groups excluding carboxylic acids is 1. The maximum Gasteiger partial charge on any atom is 0.335 e. The summed E-state index contributed by atoms with van der Waals surface area (Å²) in [5.74, 6) is 0.593. The van der Waals surface area contributed by atoms with Gasteiger partial charge in [-0.15, -0.1) is 0 Å². The summed E-state index contributed by atoms with van der Waals surface area (Å²) in [6.07, 6.45) is 5.88. The Morgan fingerprint density at radius 3 is 2.44 bits per heavy atom. The number of hydrogen-bond donors (Lipinski definition) is 0. The lowest BCUT2D eigenvalue weighted by Crippen LogP contribution is -2.11. The van der Waals surface area contributed by atoms with E-state index in [1.54, 1.807) is 7.11 Å². The number of hydrogen-bond acceptors (Lipinski definition) is 3. The van der Waals surface area contributed by atoms with E-state index < -0.39 is 0 Å². The first-order valence-electron chi connectivity index (χ1n) is 9.86. The van der Waals surface area contributed by atoms with Crippen LogP contribution < -0.4 is 4.74 Å². The van der Waals surface area contributed by atoms with E-state index in [0.29, 0.717) is 6.42 Å². The number of carbonyl (C=O) groups is 1. The Labute approximate surface area is 162 Å². The van der Waals surface area contributed by atoms with Gasteiger partial charge in [0.05, 0.1) is 7.11 Å². The molecule has 27 heavy (non-hydrogen) atoms. The first-order chi connectivity index (χ1) is 13.2. The van der Waals surface area contributed by atoms with Crippen molar-refractivity contribution in [3.05, 3.63) is 71.3 Å². The predicted molar refractivity (Wildman–Crippen MR) is 109 cm³/mol. The zero-order valence-corrected chi connectivity index (χ0v) is 16.2. The van der Waals surface area contributed by atoms with Crippen LogP contribution in [0.5, 0.6) is 5.75 Å². The fourth-order valence-corrected chi connectivity index (χ4v) is 3.69. The number of benzene rings is 2. The minimum Gasteiger partial charge on any atom is -0.496 e. The lowest BCUT2D eigenvalue weighted by Gasteiger charge is -2.17. The van der Waals surface area contributed by atoms with Gasteiger partial charge in [0.15, 0.2) is 0 Å². The highest BCUT2D eigenvalue weighted by molar-refractivity contribution is 6.03. The highest BCUT2D eigenvalue weighted by atomic mass is 16.5. The third-order valence-electron chi connectivity index (χ3n) is 5.08. The molecule has 2 aromatic carbocycles. The topological polar surface area (TPSA) is 35.5 Å². The van der Waals surface area contributed by atoms with Crippen LogP contribution in [0.3, 0.4) is 0 Å². The number of esters is 1. The third kappa shape index (κ3) is 4.60. The Hall–Kier alpha value is -2.55. The van der Waals surface area contributed by atoms with Crippen molar-refractivity contribution in [2.45, 2.75) is 51.6 Å². The van der Waals surface area contributed by atoms with Crippen LogP contribution in [0.15, 0.2) is 60.2 Å². The number of rotatable bonds is 9. The predicted octanol–water partition coefficient (Wildman–Crippen LogP) is 5.59. The summed E-state index contributed by atoms with van der Waals surface area (Å²) in [6.45, 7) is 2.20. The Kier molecular flexibility index (Phi) is 6.69. The zero-order valence-electron chi connectivity index (χ0n) is 16.2. The number of ether oxygens (including phenoxy) is 2. The van der Waals surface area contributed by atoms with Crippen molar-refractivity contribution in [2.75, 3.05) is 7.11 Å². The van der Waals surface area contributed by atoms with Gasteiger partial charge in [-0.2, -0.15) is 0 Å². The Bertz CT molecular complexity index is 792. The third-order valence-corrected chi connectivity index (χ3v) is 5.08. The van der Waals surface area contributed by atoms with Crippen molar-refractivity contribution in [1.82, 2.24) is 0 Å². The molecule has 0 saturated heterocycles. The molecule has 1 atom stereocenters. The van der Waals surface area contributed by atoms with Crippen molar-refractivity contribution in [2.24, 2.45) is 0 Å². The van der Waals surface area contributed by atoms with Gasteiger partial charge in [0.25, 0.3) is 0 Å². The molecule has 1 heterocycles. The van der Waals surface area contributed by atoms with Crippen LogP contribution in [-0.2, 0) is 16.0 Å². The SMILES string of the molecule is CCCCCCC1OC(=O)C(Cc2ccccc2)=C1c1ccccc1OC. The van der Waals surface area contributed by atoms with Gasteiger partial charge in [-0.25, -0.2) is 4.79 Å². The second kappa shape index (κ2) is 9.40. The standard InChI is InChI=1S/C24H28O3/c1-3-4-5-9-16-22-23(19-14-10-11-15-21(19)26-2)20(24(25)27-22)17-18-12-7-6-8-13-18/h6-8,10-15,22H,3-5,9,16-17H2,1-2H3. The van der Waals surface area contributed by atoms with Crippen LogP contribution in [0.2, 0.25) is 0 Å². The van der Waals surface area contributed by atoms with Gasteiger partial charge in [0.2, 0.25) is 0 Å². The average molecular weight is 364 g/mol. The number of para-hydroxylation sites is 1. The summed E-state index contributed by atoms with van der Waals surface area (Å²) in [6, 6.07) is 18.0. The van der Waals surface area contributed by atoms with Crippen molar-refractivity contribution >= 4 is 11.5 Å². The molecular weight excluding hydrogens is 336 g/mol. The summed E-state index contributed by atoms with van der Waals surface area (Å²) in [5, 5.41) is 0. The number of unbranched alkanes of at least 4 members (excludes halogenated alkanes) is 3. The largest absolute Gasteiger partial charge is 0.496 e. The summed E-state index contributed by atoms with van der Waals surface area (Å²) in [7, 11) is 1.67. The van der Waals surface area contributed by atoms with Crippen LogP contribution >= 0.6 is 0 Å². The van der Waals surface area contributed by atoms with Crippen molar-refractivity contribution in [3.63, 3.8) is 0 Å². The van der Waals surface area contributed by atoms with E-state index in [9.17, 15) is 4.79 Å². The molecule has 0 saturated carbocycles. The van der Waals surface area contributed by atoms with E-state index in [4.69, 9.17) is 9.47 Å². The molecule has 3 heteroatoms. The quantitative estimate of drug-likeness (QED) is 0.430. The molecular formula is C24H28O3. The van der Waals surface area contributed by atoms with Crippen LogP contribution in [-0.4, -0.2) is 19.2 Å². The zero-order chi connectivity index (χ0) is 19.1. The first kappa shape index (κ1) is 19.2. The Balaban J connectivity index is 1.96. The molecule has 3 rings (SSSR count). The summed E-state index contributed by atoms with van der Waals surface area (Å²) in [4.78, 5) is 12.7. The molecule has 1 unspecified atom stereocenters. The fourth-order valence-electron chi connectivity index (χ4n) is 3.69.